The highest BCUT2D eigenvalue weighted by atomic mass is 32.2. The van der Waals surface area contributed by atoms with Gasteiger partial charge in [-0.25, -0.2) is 8.42 Å². The largest absolute Gasteiger partial charge is 0.466 e. The Balaban J connectivity index is 1.91. The second kappa shape index (κ2) is 6.91. The summed E-state index contributed by atoms with van der Waals surface area (Å²) in [5.74, 6) is 0.446. The molecule has 1 aliphatic rings. The number of sulfonamides is 1. The van der Waals surface area contributed by atoms with Crippen LogP contribution in [-0.2, 0) is 19.6 Å². The van der Waals surface area contributed by atoms with Crippen LogP contribution in [0.15, 0.2) is 34.2 Å². The number of hydrogen-bond donors (Lipinski definition) is 1. The van der Waals surface area contributed by atoms with E-state index in [0.29, 0.717) is 18.1 Å². The van der Waals surface area contributed by atoms with Crippen molar-refractivity contribution >= 4 is 21.8 Å². The number of hydrogen-bond acceptors (Lipinski definition) is 5. The van der Waals surface area contributed by atoms with Crippen molar-refractivity contribution in [2.75, 3.05) is 13.2 Å². The molecule has 2 rings (SSSR count). The Bertz CT molecular complexity index is 681. The maximum atomic E-state index is 11.9. The number of carbonyl (C=O) groups excluding carboxylic acids is 1. The first-order valence-corrected chi connectivity index (χ1v) is 8.71. The topological polar surface area (TPSA) is 84.8 Å². The number of esters is 1. The molecular formula is C15H20N2O4S. The Morgan fingerprint density at radius 3 is 2.77 bits per heavy atom. The van der Waals surface area contributed by atoms with Crippen LogP contribution in [-0.4, -0.2) is 33.4 Å². The van der Waals surface area contributed by atoms with E-state index in [1.807, 2.05) is 0 Å². The molecule has 0 saturated heterocycles. The minimum Gasteiger partial charge on any atom is -0.466 e. The highest BCUT2D eigenvalue weighted by Gasteiger charge is 2.29. The predicted octanol–water partition coefficient (Wildman–Crippen LogP) is 1.70. The summed E-state index contributed by atoms with van der Waals surface area (Å²) in [6.45, 7) is 4.71. The average Bonchev–Trinajstić information content (AvgIpc) is 2.71. The molecule has 1 N–H and O–H groups in total. The summed E-state index contributed by atoms with van der Waals surface area (Å²) in [6.07, 6.45) is 0.957. The number of carbonyl (C=O) groups is 1. The van der Waals surface area contributed by atoms with Crippen molar-refractivity contribution in [3.8, 4) is 0 Å². The molecule has 0 unspecified atom stereocenters. The Labute approximate surface area is 130 Å². The van der Waals surface area contributed by atoms with Gasteiger partial charge in [-0.05, 0) is 24.5 Å². The van der Waals surface area contributed by atoms with Crippen molar-refractivity contribution in [1.29, 1.82) is 0 Å². The summed E-state index contributed by atoms with van der Waals surface area (Å²) in [6, 6.07) is 6.62. The van der Waals surface area contributed by atoms with Crippen molar-refractivity contribution in [1.82, 2.24) is 4.72 Å². The van der Waals surface area contributed by atoms with Crippen molar-refractivity contribution in [2.24, 2.45) is 10.9 Å². The van der Waals surface area contributed by atoms with Gasteiger partial charge in [-0.15, -0.1) is 0 Å². The van der Waals surface area contributed by atoms with Crippen molar-refractivity contribution < 1.29 is 17.9 Å². The van der Waals surface area contributed by atoms with Gasteiger partial charge < -0.3 is 4.74 Å². The number of nitrogens with zero attached hydrogens (tertiary/aromatic N) is 1. The van der Waals surface area contributed by atoms with E-state index in [1.54, 1.807) is 18.2 Å². The summed E-state index contributed by atoms with van der Waals surface area (Å²) >= 11 is 0. The molecule has 22 heavy (non-hydrogen) atoms. The lowest BCUT2D eigenvalue weighted by Crippen LogP contribution is -2.22. The SMILES string of the molecule is CC(C)CCOC(=O)CCN=C1NS(=O)(=O)c2ccccc21. The average molecular weight is 324 g/mol. The molecule has 1 aromatic carbocycles. The third-order valence-corrected chi connectivity index (χ3v) is 4.60. The number of aliphatic imine (C=N–C) groups is 1. The molecular weight excluding hydrogens is 304 g/mol. The van der Waals surface area contributed by atoms with Gasteiger partial charge in [0.1, 0.15) is 5.84 Å². The molecule has 0 aromatic heterocycles. The standard InChI is InChI=1S/C15H20N2O4S/c1-11(2)8-10-21-14(18)7-9-16-15-12-5-3-4-6-13(12)22(19,20)17-15/h3-6,11H,7-10H2,1-2H3,(H,16,17). The van der Waals surface area contributed by atoms with Crippen LogP contribution >= 0.6 is 0 Å². The third-order valence-electron chi connectivity index (χ3n) is 3.21. The number of nitrogens with one attached hydrogen (secondary N) is 1. The Morgan fingerprint density at radius 2 is 2.05 bits per heavy atom. The monoisotopic (exact) mass is 324 g/mol. The summed E-state index contributed by atoms with van der Waals surface area (Å²) in [7, 11) is -3.53. The van der Waals surface area contributed by atoms with Gasteiger partial charge in [-0.3, -0.25) is 14.5 Å². The summed E-state index contributed by atoms with van der Waals surface area (Å²) < 4.78 is 31.2. The molecule has 0 spiro atoms. The van der Waals surface area contributed by atoms with E-state index >= 15 is 0 Å². The normalized spacial score (nSPS) is 17.3. The van der Waals surface area contributed by atoms with Gasteiger partial charge in [0.05, 0.1) is 24.5 Å². The van der Waals surface area contributed by atoms with Gasteiger partial charge in [0.25, 0.3) is 10.0 Å². The van der Waals surface area contributed by atoms with Crippen LogP contribution in [0.2, 0.25) is 0 Å². The van der Waals surface area contributed by atoms with E-state index in [4.69, 9.17) is 4.74 Å². The lowest BCUT2D eigenvalue weighted by molar-refractivity contribution is -0.143. The van der Waals surface area contributed by atoms with Crippen LogP contribution in [0, 0.1) is 5.92 Å². The van der Waals surface area contributed by atoms with E-state index in [2.05, 4.69) is 23.6 Å². The summed E-state index contributed by atoms with van der Waals surface area (Å²) in [5, 5.41) is 0. The van der Waals surface area contributed by atoms with E-state index in [1.165, 1.54) is 6.07 Å². The molecule has 120 valence electrons. The second-order valence-corrected chi connectivity index (χ2v) is 7.14. The van der Waals surface area contributed by atoms with Gasteiger partial charge in [-0.2, -0.15) is 0 Å². The fourth-order valence-electron chi connectivity index (χ4n) is 1.99. The molecule has 7 heteroatoms. The zero-order valence-electron chi connectivity index (χ0n) is 12.7. The van der Waals surface area contributed by atoms with Crippen LogP contribution in [0.1, 0.15) is 32.3 Å². The van der Waals surface area contributed by atoms with Gasteiger partial charge in [0.2, 0.25) is 0 Å². The van der Waals surface area contributed by atoms with Crippen LogP contribution in [0.4, 0.5) is 0 Å². The minimum atomic E-state index is -3.53. The molecule has 1 heterocycles. The van der Waals surface area contributed by atoms with E-state index < -0.39 is 10.0 Å². The molecule has 0 amide bonds. The van der Waals surface area contributed by atoms with Crippen LogP contribution < -0.4 is 4.72 Å². The molecule has 0 fully saturated rings. The molecule has 0 atom stereocenters. The van der Waals surface area contributed by atoms with Gasteiger partial charge in [-0.1, -0.05) is 26.0 Å². The van der Waals surface area contributed by atoms with Crippen LogP contribution in [0.3, 0.4) is 0 Å². The Morgan fingerprint density at radius 1 is 1.32 bits per heavy atom. The van der Waals surface area contributed by atoms with Crippen molar-refractivity contribution in [3.63, 3.8) is 0 Å². The lowest BCUT2D eigenvalue weighted by Gasteiger charge is -2.06. The van der Waals surface area contributed by atoms with Gasteiger partial charge in [0, 0.05) is 5.56 Å². The number of benzene rings is 1. The summed E-state index contributed by atoms with van der Waals surface area (Å²) in [4.78, 5) is 15.9. The highest BCUT2D eigenvalue weighted by Crippen LogP contribution is 2.22. The van der Waals surface area contributed by atoms with Gasteiger partial charge in [0.15, 0.2) is 0 Å². The molecule has 0 radical (unpaired) electrons. The smallest absolute Gasteiger partial charge is 0.307 e. The zero-order chi connectivity index (χ0) is 16.2. The Kier molecular flexibility index (Phi) is 5.18. The van der Waals surface area contributed by atoms with Crippen LogP contribution in [0.25, 0.3) is 0 Å². The maximum Gasteiger partial charge on any atom is 0.307 e. The maximum absolute atomic E-state index is 11.9. The molecule has 0 aliphatic carbocycles. The van der Waals surface area contributed by atoms with Crippen LogP contribution in [0.5, 0.6) is 0 Å². The zero-order valence-corrected chi connectivity index (χ0v) is 13.5. The fraction of sp³-hybridized carbons (Fsp3) is 0.467. The highest BCUT2D eigenvalue weighted by molar-refractivity contribution is 7.90. The van der Waals surface area contributed by atoms with Gasteiger partial charge >= 0.3 is 5.97 Å². The van der Waals surface area contributed by atoms with E-state index in [-0.39, 0.29) is 29.7 Å². The molecule has 1 aliphatic heterocycles. The van der Waals surface area contributed by atoms with Crippen molar-refractivity contribution in [2.45, 2.75) is 31.6 Å². The number of ether oxygens (including phenoxy) is 1. The quantitative estimate of drug-likeness (QED) is 0.807. The first kappa shape index (κ1) is 16.5. The molecule has 0 bridgehead atoms. The molecule has 0 saturated carbocycles. The lowest BCUT2D eigenvalue weighted by atomic mass is 10.1. The predicted molar refractivity (Wildman–Crippen MR) is 83.2 cm³/mol. The third kappa shape index (κ3) is 4.07. The molecule has 6 nitrogen and oxygen atoms in total. The van der Waals surface area contributed by atoms with E-state index in [0.717, 1.165) is 6.42 Å². The van der Waals surface area contributed by atoms with E-state index in [9.17, 15) is 13.2 Å². The fourth-order valence-corrected chi connectivity index (χ4v) is 3.24. The number of fused-ring (bicyclic) bond motifs is 1. The number of rotatable bonds is 6. The molecule has 1 aromatic rings. The van der Waals surface area contributed by atoms with Crippen molar-refractivity contribution in [3.05, 3.63) is 29.8 Å². The second-order valence-electron chi connectivity index (χ2n) is 5.48. The summed E-state index contributed by atoms with van der Waals surface area (Å²) in [5.41, 5.74) is 0.538. The Hall–Kier alpha value is -1.89. The first-order chi connectivity index (χ1) is 10.4. The number of amidine groups is 1. The first-order valence-electron chi connectivity index (χ1n) is 7.22. The minimum absolute atomic E-state index is 0.130.